The molecular weight excluding hydrogens is 528 g/mol. The van der Waals surface area contributed by atoms with Gasteiger partial charge in [-0.15, -0.1) is 0 Å². The number of nitrogens with zero attached hydrogens (tertiary/aromatic N) is 4. The van der Waals surface area contributed by atoms with Gasteiger partial charge in [-0.25, -0.2) is 15.0 Å². The fourth-order valence-corrected chi connectivity index (χ4v) is 6.07. The average Bonchev–Trinajstić information content (AvgIpc) is 3.44. The number of pyridine rings is 1. The summed E-state index contributed by atoms with van der Waals surface area (Å²) in [6, 6.07) is 43.5. The van der Waals surface area contributed by atoms with E-state index in [1.165, 1.54) is 16.2 Å². The number of benzene rings is 6. The summed E-state index contributed by atoms with van der Waals surface area (Å²) in [6.07, 6.45) is 1.80. The lowest BCUT2D eigenvalue weighted by molar-refractivity contribution is 0.669. The maximum atomic E-state index is 6.32. The van der Waals surface area contributed by atoms with Crippen LogP contribution in [0.3, 0.4) is 0 Å². The van der Waals surface area contributed by atoms with Crippen molar-refractivity contribution in [3.63, 3.8) is 0 Å². The molecule has 0 aliphatic rings. The molecule has 5 nitrogen and oxygen atoms in total. The van der Waals surface area contributed by atoms with E-state index in [1.54, 1.807) is 6.20 Å². The zero-order valence-electron chi connectivity index (χ0n) is 22.9. The Hall–Kier alpha value is -5.94. The predicted molar refractivity (Wildman–Crippen MR) is 174 cm³/mol. The minimum atomic E-state index is 0.599. The highest BCUT2D eigenvalue weighted by atomic mass is 16.3. The summed E-state index contributed by atoms with van der Waals surface area (Å²) < 4.78 is 6.32. The van der Waals surface area contributed by atoms with Gasteiger partial charge in [-0.2, -0.15) is 0 Å². The first-order chi connectivity index (χ1) is 21.3. The molecule has 0 fully saturated rings. The Morgan fingerprint density at radius 2 is 1.21 bits per heavy atom. The first kappa shape index (κ1) is 23.7. The molecule has 0 atom stereocenters. The predicted octanol–water partition coefficient (Wildman–Crippen LogP) is 9.63. The first-order valence-corrected chi connectivity index (χ1v) is 14.2. The second kappa shape index (κ2) is 9.29. The molecule has 0 aliphatic carbocycles. The molecule has 0 unspecified atom stereocenters. The lowest BCUT2D eigenvalue weighted by atomic mass is 10.00. The number of fused-ring (bicyclic) bond motifs is 7. The largest absolute Gasteiger partial charge is 0.456 e. The van der Waals surface area contributed by atoms with Crippen molar-refractivity contribution in [2.75, 3.05) is 0 Å². The van der Waals surface area contributed by atoms with Crippen molar-refractivity contribution < 1.29 is 4.42 Å². The lowest BCUT2D eigenvalue weighted by Crippen LogP contribution is -2.00. The van der Waals surface area contributed by atoms with Gasteiger partial charge in [-0.1, -0.05) is 97.1 Å². The quantitative estimate of drug-likeness (QED) is 0.205. The van der Waals surface area contributed by atoms with Gasteiger partial charge in [0.2, 0.25) is 0 Å². The van der Waals surface area contributed by atoms with E-state index in [0.717, 1.165) is 54.9 Å². The standard InChI is InChI=1S/C38H22N4O/c1-2-9-24(10-3-1)36-40-37(27-17-18-29-25(20-27)16-15-23-8-4-5-12-28(23)29)42-38(41-36)30-13-6-14-33-35(30)31-21-26-11-7-19-39-32(26)22-34(31)43-33/h1-22H. The van der Waals surface area contributed by atoms with Crippen LogP contribution in [-0.4, -0.2) is 19.9 Å². The molecule has 5 heteroatoms. The normalized spacial score (nSPS) is 11.7. The highest BCUT2D eigenvalue weighted by molar-refractivity contribution is 6.15. The molecule has 0 bridgehead atoms. The van der Waals surface area contributed by atoms with E-state index in [1.807, 2.05) is 54.6 Å². The zero-order chi connectivity index (χ0) is 28.3. The lowest BCUT2D eigenvalue weighted by Gasteiger charge is -2.10. The summed E-state index contributed by atoms with van der Waals surface area (Å²) in [5.74, 6) is 1.85. The Balaban J connectivity index is 1.30. The van der Waals surface area contributed by atoms with Crippen LogP contribution in [0, 0.1) is 0 Å². The SMILES string of the molecule is c1ccc(-c2nc(-c3ccc4c(ccc5ccccc54)c3)nc(-c3cccc4oc5cc6ncccc6cc5c34)n2)cc1. The first-order valence-electron chi connectivity index (χ1n) is 14.2. The van der Waals surface area contributed by atoms with Crippen molar-refractivity contribution in [3.05, 3.63) is 134 Å². The number of furan rings is 1. The summed E-state index contributed by atoms with van der Waals surface area (Å²) in [4.78, 5) is 19.6. The van der Waals surface area contributed by atoms with Gasteiger partial charge in [0.1, 0.15) is 11.2 Å². The van der Waals surface area contributed by atoms with Gasteiger partial charge in [0.05, 0.1) is 5.52 Å². The molecule has 43 heavy (non-hydrogen) atoms. The molecule has 0 aliphatic heterocycles. The molecule has 0 saturated carbocycles. The molecule has 9 rings (SSSR count). The summed E-state index contributed by atoms with van der Waals surface area (Å²) in [7, 11) is 0. The Labute approximate surface area is 246 Å². The third-order valence-electron chi connectivity index (χ3n) is 8.13. The molecule has 200 valence electrons. The van der Waals surface area contributed by atoms with Gasteiger partial charge in [-0.3, -0.25) is 4.98 Å². The van der Waals surface area contributed by atoms with E-state index in [0.29, 0.717) is 17.5 Å². The molecule has 6 aromatic carbocycles. The summed E-state index contributed by atoms with van der Waals surface area (Å²) in [5.41, 5.74) is 5.22. The number of hydrogen-bond donors (Lipinski definition) is 0. The topological polar surface area (TPSA) is 64.7 Å². The van der Waals surface area contributed by atoms with Crippen molar-refractivity contribution in [1.29, 1.82) is 0 Å². The Kier molecular flexibility index (Phi) is 5.13. The highest BCUT2D eigenvalue weighted by Gasteiger charge is 2.18. The monoisotopic (exact) mass is 550 g/mol. The number of hydrogen-bond acceptors (Lipinski definition) is 5. The molecule has 3 aromatic heterocycles. The van der Waals surface area contributed by atoms with Crippen molar-refractivity contribution in [3.8, 4) is 34.2 Å². The third-order valence-corrected chi connectivity index (χ3v) is 8.13. The van der Waals surface area contributed by atoms with E-state index in [4.69, 9.17) is 19.4 Å². The highest BCUT2D eigenvalue weighted by Crippen LogP contribution is 2.38. The van der Waals surface area contributed by atoms with Crippen LogP contribution in [0.5, 0.6) is 0 Å². The average molecular weight is 551 g/mol. The molecule has 0 radical (unpaired) electrons. The van der Waals surface area contributed by atoms with Crippen LogP contribution < -0.4 is 0 Å². The van der Waals surface area contributed by atoms with Crippen LogP contribution in [0.2, 0.25) is 0 Å². The third kappa shape index (κ3) is 3.86. The maximum absolute atomic E-state index is 6.32. The maximum Gasteiger partial charge on any atom is 0.164 e. The van der Waals surface area contributed by atoms with Gasteiger partial charge in [0.25, 0.3) is 0 Å². The van der Waals surface area contributed by atoms with E-state index in [2.05, 4.69) is 77.8 Å². The van der Waals surface area contributed by atoms with Crippen LogP contribution in [-0.2, 0) is 0 Å². The second-order valence-electron chi connectivity index (χ2n) is 10.7. The number of aromatic nitrogens is 4. The fraction of sp³-hybridized carbons (Fsp3) is 0. The molecule has 0 saturated heterocycles. The minimum absolute atomic E-state index is 0.599. The number of rotatable bonds is 3. The molecule has 3 heterocycles. The summed E-state index contributed by atoms with van der Waals surface area (Å²) >= 11 is 0. The minimum Gasteiger partial charge on any atom is -0.456 e. The van der Waals surface area contributed by atoms with Crippen molar-refractivity contribution in [2.24, 2.45) is 0 Å². The molecular formula is C38H22N4O. The van der Waals surface area contributed by atoms with Crippen molar-refractivity contribution in [2.45, 2.75) is 0 Å². The van der Waals surface area contributed by atoms with Crippen molar-refractivity contribution in [1.82, 2.24) is 19.9 Å². The molecule has 0 amide bonds. The molecule has 0 N–H and O–H groups in total. The van der Waals surface area contributed by atoms with Gasteiger partial charge in [0.15, 0.2) is 17.5 Å². The van der Waals surface area contributed by atoms with Crippen LogP contribution in [0.1, 0.15) is 0 Å². The summed E-state index contributed by atoms with van der Waals surface area (Å²) in [6.45, 7) is 0. The van der Waals surface area contributed by atoms with Crippen LogP contribution >= 0.6 is 0 Å². The van der Waals surface area contributed by atoms with Gasteiger partial charge < -0.3 is 4.42 Å². The zero-order valence-corrected chi connectivity index (χ0v) is 22.9. The van der Waals surface area contributed by atoms with Gasteiger partial charge in [-0.05, 0) is 45.8 Å². The summed E-state index contributed by atoms with van der Waals surface area (Å²) in [5, 5.41) is 7.84. The van der Waals surface area contributed by atoms with Crippen molar-refractivity contribution >= 4 is 54.4 Å². The van der Waals surface area contributed by atoms with Crippen LogP contribution in [0.25, 0.3) is 88.5 Å². The van der Waals surface area contributed by atoms with E-state index < -0.39 is 0 Å². The Morgan fingerprint density at radius 1 is 0.442 bits per heavy atom. The Bertz CT molecular complexity index is 2520. The van der Waals surface area contributed by atoms with Crippen LogP contribution in [0.4, 0.5) is 0 Å². The van der Waals surface area contributed by atoms with Crippen LogP contribution in [0.15, 0.2) is 138 Å². The second-order valence-corrected chi connectivity index (χ2v) is 10.7. The van der Waals surface area contributed by atoms with Gasteiger partial charge in [0, 0.05) is 45.1 Å². The smallest absolute Gasteiger partial charge is 0.164 e. The Morgan fingerprint density at radius 3 is 2.14 bits per heavy atom. The van der Waals surface area contributed by atoms with E-state index in [9.17, 15) is 0 Å². The van der Waals surface area contributed by atoms with Gasteiger partial charge >= 0.3 is 0 Å². The molecule has 9 aromatic rings. The fourth-order valence-electron chi connectivity index (χ4n) is 6.07. The van der Waals surface area contributed by atoms with E-state index >= 15 is 0 Å². The molecule has 0 spiro atoms. The van der Waals surface area contributed by atoms with E-state index in [-0.39, 0.29) is 0 Å².